The predicted octanol–water partition coefficient (Wildman–Crippen LogP) is 2.33. The molecule has 2 aliphatic heterocycles. The maximum absolute atomic E-state index is 13.1. The molecular weight excluding hydrogens is 404 g/mol. The molecule has 2 saturated heterocycles. The molecule has 2 fully saturated rings. The van der Waals surface area contributed by atoms with Gasteiger partial charge < -0.3 is 4.57 Å². The number of aromatic nitrogens is 2. The fraction of sp³-hybridized carbons (Fsp3) is 0.286. The third-order valence-electron chi connectivity index (χ3n) is 5.78. The van der Waals surface area contributed by atoms with Gasteiger partial charge in [-0.2, -0.15) is 4.31 Å². The molecule has 0 bridgehead atoms. The summed E-state index contributed by atoms with van der Waals surface area (Å²) >= 11 is 0. The highest BCUT2D eigenvalue weighted by molar-refractivity contribution is 7.89. The molecule has 0 N–H and O–H groups in total. The molecule has 30 heavy (non-hydrogen) atoms. The van der Waals surface area contributed by atoms with Gasteiger partial charge in [0.2, 0.25) is 21.8 Å². The maximum Gasteiger partial charge on any atom is 0.243 e. The second-order valence-corrected chi connectivity index (χ2v) is 9.50. The molecule has 0 saturated carbocycles. The zero-order chi connectivity index (χ0) is 20.9. The van der Waals surface area contributed by atoms with Crippen molar-refractivity contribution in [3.63, 3.8) is 0 Å². The molecule has 0 spiro atoms. The van der Waals surface area contributed by atoms with Crippen molar-refractivity contribution in [3.05, 3.63) is 54.9 Å². The molecular formula is C21H20N4O4S. The van der Waals surface area contributed by atoms with Crippen LogP contribution in [0.4, 0.5) is 5.69 Å². The largest absolute Gasteiger partial charge is 0.326 e. The number of hydrogen-bond acceptors (Lipinski definition) is 5. The van der Waals surface area contributed by atoms with Crippen molar-refractivity contribution < 1.29 is 18.0 Å². The van der Waals surface area contributed by atoms with Crippen LogP contribution in [0.5, 0.6) is 0 Å². The number of anilines is 1. The number of carbonyl (C=O) groups excluding carboxylic acids is 2. The molecule has 2 aromatic carbocycles. The zero-order valence-electron chi connectivity index (χ0n) is 16.1. The molecule has 2 amide bonds. The molecule has 1 unspecified atom stereocenters. The van der Waals surface area contributed by atoms with Gasteiger partial charge in [0.1, 0.15) is 0 Å². The normalized spacial score (nSPS) is 20.5. The van der Waals surface area contributed by atoms with Gasteiger partial charge in [0, 0.05) is 25.9 Å². The smallest absolute Gasteiger partial charge is 0.243 e. The number of para-hydroxylation sites is 2. The molecule has 1 atom stereocenters. The van der Waals surface area contributed by atoms with Gasteiger partial charge in [0.25, 0.3) is 0 Å². The molecule has 9 heteroatoms. The monoisotopic (exact) mass is 424 g/mol. The zero-order valence-corrected chi connectivity index (χ0v) is 17.0. The molecule has 5 rings (SSSR count). The lowest BCUT2D eigenvalue weighted by molar-refractivity contribution is -0.121. The fourth-order valence-electron chi connectivity index (χ4n) is 4.21. The summed E-state index contributed by atoms with van der Waals surface area (Å²) in [6.07, 6.45) is 2.85. The molecule has 0 aliphatic carbocycles. The third-order valence-corrected chi connectivity index (χ3v) is 7.66. The predicted molar refractivity (Wildman–Crippen MR) is 110 cm³/mol. The Balaban J connectivity index is 1.37. The lowest BCUT2D eigenvalue weighted by Crippen LogP contribution is -2.30. The minimum atomic E-state index is -3.67. The van der Waals surface area contributed by atoms with Crippen LogP contribution in [0.2, 0.25) is 0 Å². The summed E-state index contributed by atoms with van der Waals surface area (Å²) in [5.74, 6) is -0.517. The molecule has 2 aliphatic rings. The number of hydrogen-bond donors (Lipinski definition) is 0. The number of nitrogens with zero attached hydrogens (tertiary/aromatic N) is 4. The molecule has 154 valence electrons. The van der Waals surface area contributed by atoms with Crippen molar-refractivity contribution in [2.24, 2.45) is 0 Å². The van der Waals surface area contributed by atoms with Crippen LogP contribution in [0.1, 0.15) is 25.3 Å². The number of imidazole rings is 1. The summed E-state index contributed by atoms with van der Waals surface area (Å²) in [5, 5.41) is 0. The molecule has 1 aromatic heterocycles. The number of imide groups is 1. The number of fused-ring (bicyclic) bond motifs is 1. The minimum Gasteiger partial charge on any atom is -0.326 e. The van der Waals surface area contributed by atoms with E-state index in [4.69, 9.17) is 0 Å². The first kappa shape index (κ1) is 19.0. The molecule has 0 radical (unpaired) electrons. The Hall–Kier alpha value is -3.04. The average molecular weight is 424 g/mol. The first-order valence-corrected chi connectivity index (χ1v) is 11.3. The highest BCUT2D eigenvalue weighted by Crippen LogP contribution is 2.31. The van der Waals surface area contributed by atoms with Gasteiger partial charge in [-0.25, -0.2) is 13.4 Å². The summed E-state index contributed by atoms with van der Waals surface area (Å²) in [4.78, 5) is 29.5. The van der Waals surface area contributed by atoms with Crippen molar-refractivity contribution in [3.8, 4) is 0 Å². The topological polar surface area (TPSA) is 92.6 Å². The number of amides is 2. The SMILES string of the molecule is O=C1CCC(=O)N1c1ccc(S(=O)(=O)N2CCC(n3cnc4ccccc43)C2)cc1. The van der Waals surface area contributed by atoms with E-state index in [0.717, 1.165) is 15.9 Å². The van der Waals surface area contributed by atoms with Crippen molar-refractivity contribution >= 4 is 38.6 Å². The van der Waals surface area contributed by atoms with Crippen LogP contribution in [0.25, 0.3) is 11.0 Å². The van der Waals surface area contributed by atoms with Gasteiger partial charge in [-0.05, 0) is 42.8 Å². The highest BCUT2D eigenvalue weighted by atomic mass is 32.2. The summed E-state index contributed by atoms with van der Waals surface area (Å²) in [6, 6.07) is 13.8. The Labute approximate surface area is 173 Å². The van der Waals surface area contributed by atoms with E-state index in [2.05, 4.69) is 4.98 Å². The van der Waals surface area contributed by atoms with Crippen LogP contribution in [-0.2, 0) is 19.6 Å². The van der Waals surface area contributed by atoms with E-state index >= 15 is 0 Å². The van der Waals surface area contributed by atoms with Gasteiger partial charge in [-0.15, -0.1) is 0 Å². The highest BCUT2D eigenvalue weighted by Gasteiger charge is 2.35. The summed E-state index contributed by atoms with van der Waals surface area (Å²) in [7, 11) is -3.67. The first-order chi connectivity index (χ1) is 14.4. The van der Waals surface area contributed by atoms with Gasteiger partial charge in [-0.1, -0.05) is 12.1 Å². The Morgan fingerprint density at radius 2 is 1.63 bits per heavy atom. The quantitative estimate of drug-likeness (QED) is 0.600. The third kappa shape index (κ3) is 3.01. The van der Waals surface area contributed by atoms with Crippen LogP contribution < -0.4 is 4.90 Å². The van der Waals surface area contributed by atoms with Gasteiger partial charge in [-0.3, -0.25) is 14.5 Å². The van der Waals surface area contributed by atoms with E-state index in [-0.39, 0.29) is 35.6 Å². The number of carbonyl (C=O) groups is 2. The Kier molecular flexibility index (Phi) is 4.44. The standard InChI is InChI=1S/C21H20N4O4S/c26-20-9-10-21(27)25(20)15-5-7-17(8-6-15)30(28,29)23-12-11-16(13-23)24-14-22-18-3-1-2-4-19(18)24/h1-8,14,16H,9-13H2. The van der Waals surface area contributed by atoms with Gasteiger partial charge in [0.05, 0.1) is 34.0 Å². The van der Waals surface area contributed by atoms with Crippen molar-refractivity contribution in [1.29, 1.82) is 0 Å². The van der Waals surface area contributed by atoms with E-state index in [1.165, 1.54) is 28.6 Å². The van der Waals surface area contributed by atoms with Crippen molar-refractivity contribution in [1.82, 2.24) is 13.9 Å². The van der Waals surface area contributed by atoms with E-state index in [1.807, 2.05) is 28.8 Å². The lowest BCUT2D eigenvalue weighted by Gasteiger charge is -2.19. The Morgan fingerprint density at radius 3 is 2.37 bits per heavy atom. The maximum atomic E-state index is 13.1. The van der Waals surface area contributed by atoms with E-state index in [9.17, 15) is 18.0 Å². The van der Waals surface area contributed by atoms with E-state index in [0.29, 0.717) is 25.2 Å². The second kappa shape index (κ2) is 7.03. The lowest BCUT2D eigenvalue weighted by atomic mass is 10.2. The molecule has 8 nitrogen and oxygen atoms in total. The molecule has 3 heterocycles. The van der Waals surface area contributed by atoms with E-state index in [1.54, 1.807) is 6.33 Å². The number of rotatable bonds is 4. The molecule has 3 aromatic rings. The second-order valence-electron chi connectivity index (χ2n) is 7.56. The number of sulfonamides is 1. The first-order valence-electron chi connectivity index (χ1n) is 9.83. The minimum absolute atomic E-state index is 0.0197. The van der Waals surface area contributed by atoms with Gasteiger partial charge in [0.15, 0.2) is 0 Å². The van der Waals surface area contributed by atoms with Crippen molar-refractivity contribution in [2.75, 3.05) is 18.0 Å². The van der Waals surface area contributed by atoms with Crippen LogP contribution in [0.3, 0.4) is 0 Å². The number of benzene rings is 2. The summed E-state index contributed by atoms with van der Waals surface area (Å²) < 4.78 is 29.8. The Bertz CT molecular complexity index is 1230. The van der Waals surface area contributed by atoms with Crippen LogP contribution in [-0.4, -0.2) is 47.2 Å². The van der Waals surface area contributed by atoms with E-state index < -0.39 is 10.0 Å². The summed E-state index contributed by atoms with van der Waals surface area (Å²) in [5.41, 5.74) is 2.29. The summed E-state index contributed by atoms with van der Waals surface area (Å²) in [6.45, 7) is 0.790. The van der Waals surface area contributed by atoms with Gasteiger partial charge >= 0.3 is 0 Å². The fourth-order valence-corrected chi connectivity index (χ4v) is 5.70. The van der Waals surface area contributed by atoms with Crippen LogP contribution >= 0.6 is 0 Å². The van der Waals surface area contributed by atoms with Crippen LogP contribution in [0, 0.1) is 0 Å². The van der Waals surface area contributed by atoms with Crippen LogP contribution in [0.15, 0.2) is 59.8 Å². The van der Waals surface area contributed by atoms with Crippen molar-refractivity contribution in [2.45, 2.75) is 30.2 Å². The Morgan fingerprint density at radius 1 is 0.933 bits per heavy atom. The average Bonchev–Trinajstić information content (AvgIpc) is 3.47.